The van der Waals surface area contributed by atoms with Crippen molar-refractivity contribution in [1.29, 1.82) is 0 Å². The van der Waals surface area contributed by atoms with E-state index in [4.69, 9.17) is 0 Å². The molecule has 0 aliphatic heterocycles. The maximum Gasteiger partial charge on any atom is 0.224 e. The van der Waals surface area contributed by atoms with E-state index in [9.17, 15) is 9.18 Å². The first-order chi connectivity index (χ1) is 9.16. The van der Waals surface area contributed by atoms with E-state index >= 15 is 0 Å². The molecule has 2 rings (SSSR count). The lowest BCUT2D eigenvalue weighted by molar-refractivity contribution is -0.120. The van der Waals surface area contributed by atoms with Gasteiger partial charge in [0.25, 0.3) is 0 Å². The van der Waals surface area contributed by atoms with Crippen LogP contribution in [0.4, 0.5) is 4.39 Å². The first kappa shape index (κ1) is 13.3. The fraction of sp³-hybridized carbons (Fsp3) is 0.286. The van der Waals surface area contributed by atoms with Crippen molar-refractivity contribution in [3.05, 3.63) is 53.9 Å². The second-order valence-corrected chi connectivity index (χ2v) is 4.32. The quantitative estimate of drug-likeness (QED) is 0.885. The molecule has 0 radical (unpaired) electrons. The molecular weight excluding hydrogens is 245 g/mol. The molecule has 1 aromatic carbocycles. The standard InChI is InChI=1S/C14H16FN3O/c1-18-9-8-16-13(18)6-7-17-14(19)10-11-4-2-3-5-12(11)15/h2-5,8-9H,6-7,10H2,1H3,(H,17,19). The number of imidazole rings is 1. The van der Waals surface area contributed by atoms with E-state index in [2.05, 4.69) is 10.3 Å². The number of aromatic nitrogens is 2. The van der Waals surface area contributed by atoms with E-state index in [1.54, 1.807) is 24.4 Å². The predicted molar refractivity (Wildman–Crippen MR) is 70.0 cm³/mol. The molecule has 0 aliphatic rings. The van der Waals surface area contributed by atoms with Gasteiger partial charge >= 0.3 is 0 Å². The number of hydrogen-bond acceptors (Lipinski definition) is 2. The van der Waals surface area contributed by atoms with Crippen LogP contribution in [0.2, 0.25) is 0 Å². The number of aryl methyl sites for hydroxylation is 1. The minimum absolute atomic E-state index is 0.0627. The number of carbonyl (C=O) groups excluding carboxylic acids is 1. The summed E-state index contributed by atoms with van der Waals surface area (Å²) in [4.78, 5) is 15.8. The summed E-state index contributed by atoms with van der Waals surface area (Å²) >= 11 is 0. The third-order valence-corrected chi connectivity index (χ3v) is 2.90. The van der Waals surface area contributed by atoms with Crippen molar-refractivity contribution in [3.63, 3.8) is 0 Å². The summed E-state index contributed by atoms with van der Waals surface area (Å²) < 4.78 is 15.3. The molecule has 4 nitrogen and oxygen atoms in total. The predicted octanol–water partition coefficient (Wildman–Crippen LogP) is 1.46. The maximum absolute atomic E-state index is 13.4. The number of rotatable bonds is 5. The normalized spacial score (nSPS) is 10.4. The molecule has 1 aromatic heterocycles. The van der Waals surface area contributed by atoms with E-state index in [0.29, 0.717) is 18.5 Å². The molecule has 5 heteroatoms. The van der Waals surface area contributed by atoms with Gasteiger partial charge in [0, 0.05) is 32.4 Å². The summed E-state index contributed by atoms with van der Waals surface area (Å²) in [6.45, 7) is 0.498. The first-order valence-corrected chi connectivity index (χ1v) is 6.13. The highest BCUT2D eigenvalue weighted by Crippen LogP contribution is 2.06. The zero-order chi connectivity index (χ0) is 13.7. The monoisotopic (exact) mass is 261 g/mol. The molecular formula is C14H16FN3O. The third-order valence-electron chi connectivity index (χ3n) is 2.90. The van der Waals surface area contributed by atoms with Crippen molar-refractivity contribution < 1.29 is 9.18 Å². The van der Waals surface area contributed by atoms with Gasteiger partial charge in [-0.1, -0.05) is 18.2 Å². The van der Waals surface area contributed by atoms with E-state index in [-0.39, 0.29) is 18.1 Å². The van der Waals surface area contributed by atoms with Crippen LogP contribution < -0.4 is 5.32 Å². The van der Waals surface area contributed by atoms with Gasteiger partial charge in [-0.3, -0.25) is 4.79 Å². The van der Waals surface area contributed by atoms with Crippen LogP contribution in [0.25, 0.3) is 0 Å². The Hall–Kier alpha value is -2.17. The summed E-state index contributed by atoms with van der Waals surface area (Å²) in [5.41, 5.74) is 0.414. The molecule has 0 unspecified atom stereocenters. The van der Waals surface area contributed by atoms with Crippen LogP contribution in [0.5, 0.6) is 0 Å². The SMILES string of the molecule is Cn1ccnc1CCNC(=O)Cc1ccccc1F. The van der Waals surface area contributed by atoms with E-state index in [1.165, 1.54) is 6.07 Å². The topological polar surface area (TPSA) is 46.9 Å². The Morgan fingerprint density at radius 1 is 1.42 bits per heavy atom. The maximum atomic E-state index is 13.4. The van der Waals surface area contributed by atoms with Crippen LogP contribution in [0.1, 0.15) is 11.4 Å². The van der Waals surface area contributed by atoms with Gasteiger partial charge in [-0.15, -0.1) is 0 Å². The molecule has 0 saturated carbocycles. The zero-order valence-corrected chi connectivity index (χ0v) is 10.8. The first-order valence-electron chi connectivity index (χ1n) is 6.13. The third kappa shape index (κ3) is 3.64. The molecule has 0 spiro atoms. The lowest BCUT2D eigenvalue weighted by Gasteiger charge is -2.06. The van der Waals surface area contributed by atoms with E-state index < -0.39 is 0 Å². The van der Waals surface area contributed by atoms with Crippen LogP contribution in [-0.4, -0.2) is 22.0 Å². The van der Waals surface area contributed by atoms with Crippen LogP contribution in [0.3, 0.4) is 0 Å². The summed E-state index contributed by atoms with van der Waals surface area (Å²) in [6, 6.07) is 6.31. The Kier molecular flexibility index (Phi) is 4.28. The molecule has 0 bridgehead atoms. The summed E-state index contributed by atoms with van der Waals surface area (Å²) in [7, 11) is 1.91. The molecule has 0 fully saturated rings. The molecule has 0 atom stereocenters. The van der Waals surface area contributed by atoms with Crippen molar-refractivity contribution in [2.75, 3.05) is 6.54 Å². The minimum atomic E-state index is -0.346. The number of halogens is 1. The van der Waals surface area contributed by atoms with Crippen molar-refractivity contribution in [2.24, 2.45) is 7.05 Å². The minimum Gasteiger partial charge on any atom is -0.355 e. The summed E-state index contributed by atoms with van der Waals surface area (Å²) in [5.74, 6) is 0.382. The zero-order valence-electron chi connectivity index (χ0n) is 10.8. The molecule has 0 aliphatic carbocycles. The van der Waals surface area contributed by atoms with E-state index in [1.807, 2.05) is 17.8 Å². The fourth-order valence-corrected chi connectivity index (χ4v) is 1.83. The number of benzene rings is 1. The highest BCUT2D eigenvalue weighted by atomic mass is 19.1. The Balaban J connectivity index is 1.79. The molecule has 100 valence electrons. The molecule has 0 saturated heterocycles. The van der Waals surface area contributed by atoms with Gasteiger partial charge in [0.2, 0.25) is 5.91 Å². The second kappa shape index (κ2) is 6.13. The molecule has 1 N–H and O–H groups in total. The molecule has 2 aromatic rings. The molecule has 19 heavy (non-hydrogen) atoms. The van der Waals surface area contributed by atoms with Crippen LogP contribution >= 0.6 is 0 Å². The second-order valence-electron chi connectivity index (χ2n) is 4.32. The largest absolute Gasteiger partial charge is 0.355 e. The highest BCUT2D eigenvalue weighted by Gasteiger charge is 2.07. The molecule has 1 amide bonds. The van der Waals surface area contributed by atoms with Crippen LogP contribution in [-0.2, 0) is 24.7 Å². The Morgan fingerprint density at radius 2 is 2.21 bits per heavy atom. The van der Waals surface area contributed by atoms with Crippen molar-refractivity contribution in [2.45, 2.75) is 12.8 Å². The lowest BCUT2D eigenvalue weighted by Crippen LogP contribution is -2.28. The number of amides is 1. The average molecular weight is 261 g/mol. The number of nitrogens with one attached hydrogen (secondary N) is 1. The van der Waals surface area contributed by atoms with Crippen molar-refractivity contribution in [1.82, 2.24) is 14.9 Å². The number of nitrogens with zero attached hydrogens (tertiary/aromatic N) is 2. The number of carbonyl (C=O) groups is 1. The summed E-state index contributed by atoms with van der Waals surface area (Å²) in [6.07, 6.45) is 4.30. The van der Waals surface area contributed by atoms with Gasteiger partial charge in [-0.05, 0) is 11.6 Å². The fourth-order valence-electron chi connectivity index (χ4n) is 1.83. The van der Waals surface area contributed by atoms with Crippen LogP contribution in [0.15, 0.2) is 36.7 Å². The van der Waals surface area contributed by atoms with Crippen molar-refractivity contribution >= 4 is 5.91 Å². The van der Waals surface area contributed by atoms with E-state index in [0.717, 1.165) is 5.82 Å². The van der Waals surface area contributed by atoms with Crippen LogP contribution in [0, 0.1) is 5.82 Å². The number of hydrogen-bond donors (Lipinski definition) is 1. The van der Waals surface area contributed by atoms with Gasteiger partial charge in [-0.2, -0.15) is 0 Å². The van der Waals surface area contributed by atoms with Gasteiger partial charge < -0.3 is 9.88 Å². The molecule has 1 heterocycles. The Labute approximate surface area is 111 Å². The van der Waals surface area contributed by atoms with Gasteiger partial charge in [0.15, 0.2) is 0 Å². The average Bonchev–Trinajstić information content (AvgIpc) is 2.78. The Bertz CT molecular complexity index is 565. The lowest BCUT2D eigenvalue weighted by atomic mass is 10.1. The van der Waals surface area contributed by atoms with Gasteiger partial charge in [0.1, 0.15) is 11.6 Å². The van der Waals surface area contributed by atoms with Gasteiger partial charge in [-0.25, -0.2) is 9.37 Å². The Morgan fingerprint density at radius 3 is 2.89 bits per heavy atom. The highest BCUT2D eigenvalue weighted by molar-refractivity contribution is 5.78. The smallest absolute Gasteiger partial charge is 0.224 e. The van der Waals surface area contributed by atoms with Crippen molar-refractivity contribution in [3.8, 4) is 0 Å². The van der Waals surface area contributed by atoms with Gasteiger partial charge in [0.05, 0.1) is 6.42 Å². The summed E-state index contributed by atoms with van der Waals surface area (Å²) in [5, 5.41) is 2.76.